The molecule has 1 atom stereocenters. The van der Waals surface area contributed by atoms with Crippen LogP contribution in [0.3, 0.4) is 0 Å². The number of rotatable bonds is 6. The van der Waals surface area contributed by atoms with E-state index in [1.165, 1.54) is 6.92 Å². The molecule has 0 saturated carbocycles. The number of hydrazine groups is 1. The molecule has 0 aromatic heterocycles. The van der Waals surface area contributed by atoms with Gasteiger partial charge in [-0.05, 0) is 37.1 Å². The number of hydrogen-bond acceptors (Lipinski definition) is 5. The summed E-state index contributed by atoms with van der Waals surface area (Å²) in [6, 6.07) is 14.0. The molecule has 0 aliphatic carbocycles. The Hall–Kier alpha value is -3.32. The summed E-state index contributed by atoms with van der Waals surface area (Å²) in [4.78, 5) is 24.3. The molecule has 1 aliphatic heterocycles. The Morgan fingerprint density at radius 1 is 1.18 bits per heavy atom. The van der Waals surface area contributed by atoms with Gasteiger partial charge in [-0.2, -0.15) is 0 Å². The summed E-state index contributed by atoms with van der Waals surface area (Å²) in [5.41, 5.74) is 2.59. The molecular formula is C21H23N3O4. The van der Waals surface area contributed by atoms with Crippen LogP contribution in [0.25, 0.3) is 0 Å². The van der Waals surface area contributed by atoms with Crippen molar-refractivity contribution in [3.63, 3.8) is 0 Å². The summed E-state index contributed by atoms with van der Waals surface area (Å²) >= 11 is 0. The molecule has 28 heavy (non-hydrogen) atoms. The number of urea groups is 1. The Kier molecular flexibility index (Phi) is 5.65. The van der Waals surface area contributed by atoms with Gasteiger partial charge in [-0.25, -0.2) is 15.6 Å². The molecule has 0 unspecified atom stereocenters. The van der Waals surface area contributed by atoms with Crippen LogP contribution in [0.2, 0.25) is 0 Å². The second-order valence-corrected chi connectivity index (χ2v) is 6.49. The smallest absolute Gasteiger partial charge is 0.336 e. The van der Waals surface area contributed by atoms with E-state index in [0.29, 0.717) is 34.9 Å². The fourth-order valence-corrected chi connectivity index (χ4v) is 3.18. The van der Waals surface area contributed by atoms with Gasteiger partial charge in [-0.3, -0.25) is 4.79 Å². The summed E-state index contributed by atoms with van der Waals surface area (Å²) in [5.74, 6) is 6.65. The van der Waals surface area contributed by atoms with Crippen LogP contribution in [0.15, 0.2) is 59.8 Å². The number of benzene rings is 2. The number of carbonyl (C=O) groups is 2. The molecule has 7 nitrogen and oxygen atoms in total. The molecule has 3 N–H and O–H groups in total. The van der Waals surface area contributed by atoms with Crippen molar-refractivity contribution < 1.29 is 19.1 Å². The molecule has 2 aromatic carbocycles. The van der Waals surface area contributed by atoms with E-state index in [0.717, 1.165) is 10.6 Å². The predicted molar refractivity (Wildman–Crippen MR) is 104 cm³/mol. The van der Waals surface area contributed by atoms with Crippen molar-refractivity contribution in [3.05, 3.63) is 70.9 Å². The maximum Gasteiger partial charge on any atom is 0.336 e. The SMILES string of the molecule is COc1cc([C@H]2NC(=O)N(N)C(C)=C2C(C)=O)ccc1OCc1ccccc1. The highest BCUT2D eigenvalue weighted by Crippen LogP contribution is 2.35. The topological polar surface area (TPSA) is 93.9 Å². The molecule has 3 rings (SSSR count). The summed E-state index contributed by atoms with van der Waals surface area (Å²) in [7, 11) is 1.54. The van der Waals surface area contributed by atoms with Crippen LogP contribution in [0.5, 0.6) is 11.5 Å². The van der Waals surface area contributed by atoms with Gasteiger partial charge in [0.25, 0.3) is 0 Å². The number of nitrogens with one attached hydrogen (secondary N) is 1. The minimum absolute atomic E-state index is 0.165. The van der Waals surface area contributed by atoms with Gasteiger partial charge in [0.1, 0.15) is 6.61 Å². The maximum atomic E-state index is 12.2. The number of nitrogens with two attached hydrogens (primary N) is 1. The third kappa shape index (κ3) is 3.84. The molecule has 0 fully saturated rings. The number of ether oxygens (including phenoxy) is 2. The molecule has 146 valence electrons. The van der Waals surface area contributed by atoms with Gasteiger partial charge in [0.2, 0.25) is 0 Å². The molecule has 0 radical (unpaired) electrons. The van der Waals surface area contributed by atoms with Crippen molar-refractivity contribution in [1.29, 1.82) is 0 Å². The van der Waals surface area contributed by atoms with Gasteiger partial charge in [-0.15, -0.1) is 0 Å². The Morgan fingerprint density at radius 2 is 1.89 bits per heavy atom. The van der Waals surface area contributed by atoms with Crippen LogP contribution in [0.4, 0.5) is 4.79 Å². The van der Waals surface area contributed by atoms with Crippen LogP contribution >= 0.6 is 0 Å². The van der Waals surface area contributed by atoms with Crippen molar-refractivity contribution in [3.8, 4) is 11.5 Å². The number of nitrogens with zero attached hydrogens (tertiary/aromatic N) is 1. The Balaban J connectivity index is 1.90. The van der Waals surface area contributed by atoms with E-state index in [2.05, 4.69) is 5.32 Å². The van der Waals surface area contributed by atoms with Crippen LogP contribution < -0.4 is 20.6 Å². The normalized spacial score (nSPS) is 16.6. The molecule has 0 spiro atoms. The first-order valence-corrected chi connectivity index (χ1v) is 8.84. The summed E-state index contributed by atoms with van der Waals surface area (Å²) < 4.78 is 11.3. The van der Waals surface area contributed by atoms with E-state index < -0.39 is 12.1 Å². The van der Waals surface area contributed by atoms with E-state index in [9.17, 15) is 9.59 Å². The molecule has 1 heterocycles. The van der Waals surface area contributed by atoms with Crippen LogP contribution in [-0.2, 0) is 11.4 Å². The fraction of sp³-hybridized carbons (Fsp3) is 0.238. The minimum atomic E-state index is -0.609. The molecule has 2 amide bonds. The van der Waals surface area contributed by atoms with Gasteiger partial charge >= 0.3 is 6.03 Å². The predicted octanol–water partition coefficient (Wildman–Crippen LogP) is 3.08. The van der Waals surface area contributed by atoms with E-state index in [-0.39, 0.29) is 5.78 Å². The monoisotopic (exact) mass is 381 g/mol. The third-order valence-electron chi connectivity index (χ3n) is 4.66. The average molecular weight is 381 g/mol. The lowest BCUT2D eigenvalue weighted by Crippen LogP contribution is -2.50. The molecular weight excluding hydrogens is 358 g/mol. The number of amides is 2. The van der Waals surface area contributed by atoms with Gasteiger partial charge in [0, 0.05) is 11.3 Å². The largest absolute Gasteiger partial charge is 0.493 e. The minimum Gasteiger partial charge on any atom is -0.493 e. The van der Waals surface area contributed by atoms with Gasteiger partial charge in [0.15, 0.2) is 17.3 Å². The number of ketones is 1. The lowest BCUT2D eigenvalue weighted by Gasteiger charge is -2.32. The standard InChI is InChI=1S/C21H23N3O4/c1-13-19(14(2)25)20(23-21(26)24(13)22)16-9-10-17(18(11-16)27-3)28-12-15-7-5-4-6-8-15/h4-11,20H,12,22H2,1-3H3,(H,23,26)/t20-/m1/s1. The number of hydrogen-bond donors (Lipinski definition) is 2. The Labute approximate surface area is 163 Å². The van der Waals surface area contributed by atoms with E-state index in [4.69, 9.17) is 15.3 Å². The van der Waals surface area contributed by atoms with Crippen molar-refractivity contribution in [1.82, 2.24) is 10.3 Å². The third-order valence-corrected chi connectivity index (χ3v) is 4.66. The molecule has 2 aromatic rings. The fourth-order valence-electron chi connectivity index (χ4n) is 3.18. The number of carbonyl (C=O) groups excluding carboxylic acids is 2. The molecule has 1 aliphatic rings. The van der Waals surface area contributed by atoms with Gasteiger partial charge in [-0.1, -0.05) is 36.4 Å². The first-order chi connectivity index (χ1) is 13.4. The van der Waals surface area contributed by atoms with E-state index in [1.54, 1.807) is 32.2 Å². The number of Topliss-reactive ketones (excluding diaryl/α,β-unsaturated/α-hetero) is 1. The highest BCUT2D eigenvalue weighted by molar-refractivity contribution is 5.98. The van der Waals surface area contributed by atoms with E-state index in [1.807, 2.05) is 30.3 Å². The first kappa shape index (κ1) is 19.4. The van der Waals surface area contributed by atoms with Gasteiger partial charge in [0.05, 0.1) is 13.2 Å². The lowest BCUT2D eigenvalue weighted by atomic mass is 9.92. The van der Waals surface area contributed by atoms with Crippen molar-refractivity contribution >= 4 is 11.8 Å². The zero-order valence-corrected chi connectivity index (χ0v) is 16.1. The average Bonchev–Trinajstić information content (AvgIpc) is 2.70. The van der Waals surface area contributed by atoms with Crippen LogP contribution in [0, 0.1) is 0 Å². The summed E-state index contributed by atoms with van der Waals surface area (Å²) in [6.45, 7) is 3.50. The quantitative estimate of drug-likeness (QED) is 0.592. The summed E-state index contributed by atoms with van der Waals surface area (Å²) in [5, 5.41) is 3.71. The zero-order valence-electron chi connectivity index (χ0n) is 16.1. The number of allylic oxidation sites excluding steroid dienone is 1. The molecule has 7 heteroatoms. The van der Waals surface area contributed by atoms with Crippen LogP contribution in [0.1, 0.15) is 31.0 Å². The van der Waals surface area contributed by atoms with Gasteiger partial charge < -0.3 is 14.8 Å². The van der Waals surface area contributed by atoms with Crippen molar-refractivity contribution in [2.45, 2.75) is 26.5 Å². The highest BCUT2D eigenvalue weighted by atomic mass is 16.5. The highest BCUT2D eigenvalue weighted by Gasteiger charge is 2.33. The number of methoxy groups -OCH3 is 1. The lowest BCUT2D eigenvalue weighted by molar-refractivity contribution is -0.114. The van der Waals surface area contributed by atoms with E-state index >= 15 is 0 Å². The summed E-state index contributed by atoms with van der Waals surface area (Å²) in [6.07, 6.45) is 0. The second-order valence-electron chi connectivity index (χ2n) is 6.49. The Bertz CT molecular complexity index is 925. The van der Waals surface area contributed by atoms with Crippen molar-refractivity contribution in [2.24, 2.45) is 5.84 Å². The first-order valence-electron chi connectivity index (χ1n) is 8.84. The zero-order chi connectivity index (χ0) is 20.3. The van der Waals surface area contributed by atoms with Crippen LogP contribution in [-0.4, -0.2) is 23.9 Å². The van der Waals surface area contributed by atoms with Crippen molar-refractivity contribution in [2.75, 3.05) is 7.11 Å². The Morgan fingerprint density at radius 3 is 2.54 bits per heavy atom. The molecule has 0 bridgehead atoms. The maximum absolute atomic E-state index is 12.2. The second kappa shape index (κ2) is 8.14. The molecule has 0 saturated heterocycles.